The molecule has 1 aliphatic heterocycles. The normalized spacial score (nSPS) is 18.4. The Kier molecular flexibility index (Phi) is 7.73. The van der Waals surface area contributed by atoms with Crippen LogP contribution in [-0.4, -0.2) is 31.7 Å². The Morgan fingerprint density at radius 3 is 2.54 bits per heavy atom. The molecule has 1 heterocycles. The van der Waals surface area contributed by atoms with Crippen LogP contribution < -0.4 is 11.1 Å². The molecule has 2 rings (SSSR count). The summed E-state index contributed by atoms with van der Waals surface area (Å²) in [4.78, 5) is 12.4. The van der Waals surface area contributed by atoms with Gasteiger partial charge in [-0.3, -0.25) is 4.79 Å². The van der Waals surface area contributed by atoms with Crippen molar-refractivity contribution < 1.29 is 9.53 Å². The second-order valence-electron chi connectivity index (χ2n) is 7.46. The van der Waals surface area contributed by atoms with Gasteiger partial charge in [0.25, 0.3) is 0 Å². The Morgan fingerprint density at radius 2 is 2.00 bits per heavy atom. The maximum Gasteiger partial charge on any atom is 0.237 e. The monoisotopic (exact) mass is 418 g/mol. The minimum Gasteiger partial charge on any atom is -0.381 e. The van der Waals surface area contributed by atoms with Crippen LogP contribution in [0.3, 0.4) is 0 Å². The van der Waals surface area contributed by atoms with Gasteiger partial charge < -0.3 is 15.8 Å². The van der Waals surface area contributed by atoms with Crippen molar-refractivity contribution in [2.45, 2.75) is 45.1 Å². The zero-order chi connectivity index (χ0) is 17.1. The first-order valence-corrected chi connectivity index (χ1v) is 8.91. The number of hydrogen-bond acceptors (Lipinski definition) is 3. The first kappa shape index (κ1) is 21.4. The highest BCUT2D eigenvalue weighted by Gasteiger charge is 2.36. The van der Waals surface area contributed by atoms with Crippen molar-refractivity contribution in [1.29, 1.82) is 0 Å². The van der Waals surface area contributed by atoms with E-state index in [1.807, 2.05) is 32.9 Å². The molecule has 3 N–H and O–H groups in total. The molecule has 0 radical (unpaired) electrons. The Labute approximate surface area is 159 Å². The Bertz CT molecular complexity index is 554. The summed E-state index contributed by atoms with van der Waals surface area (Å²) >= 11 is 3.54. The maximum absolute atomic E-state index is 12.4. The SMILES string of the molecule is CC(C)(C)[C@H](N)C(=O)NCC1(c2cccc(Br)c2)CCOCC1.Cl. The smallest absolute Gasteiger partial charge is 0.237 e. The molecule has 4 nitrogen and oxygen atoms in total. The van der Waals surface area contributed by atoms with E-state index in [0.717, 1.165) is 17.3 Å². The molecule has 0 spiro atoms. The average molecular weight is 420 g/mol. The zero-order valence-corrected chi connectivity index (χ0v) is 17.0. The molecule has 1 atom stereocenters. The van der Waals surface area contributed by atoms with Gasteiger partial charge in [0.05, 0.1) is 6.04 Å². The highest BCUT2D eigenvalue weighted by molar-refractivity contribution is 9.10. The summed E-state index contributed by atoms with van der Waals surface area (Å²) in [7, 11) is 0. The van der Waals surface area contributed by atoms with Crippen molar-refractivity contribution in [3.8, 4) is 0 Å². The molecular formula is C18H28BrClN2O2. The molecule has 6 heteroatoms. The lowest BCUT2D eigenvalue weighted by Crippen LogP contribution is -2.52. The van der Waals surface area contributed by atoms with Gasteiger partial charge in [0, 0.05) is 29.6 Å². The van der Waals surface area contributed by atoms with E-state index in [2.05, 4.69) is 33.4 Å². The number of carbonyl (C=O) groups is 1. The summed E-state index contributed by atoms with van der Waals surface area (Å²) in [6.07, 6.45) is 1.79. The molecule has 1 aromatic carbocycles. The molecule has 1 aliphatic rings. The molecule has 0 bridgehead atoms. The molecular weight excluding hydrogens is 392 g/mol. The van der Waals surface area contributed by atoms with E-state index in [9.17, 15) is 4.79 Å². The molecule has 1 aromatic rings. The van der Waals surface area contributed by atoms with E-state index in [1.54, 1.807) is 0 Å². The zero-order valence-electron chi connectivity index (χ0n) is 14.6. The van der Waals surface area contributed by atoms with Crippen LogP contribution in [0.5, 0.6) is 0 Å². The minimum absolute atomic E-state index is 0. The lowest BCUT2D eigenvalue weighted by molar-refractivity contribution is -0.125. The standard InChI is InChI=1S/C18H27BrN2O2.ClH/c1-17(2,3)15(20)16(22)21-12-18(7-9-23-10-8-18)13-5-4-6-14(19)11-13;/h4-6,11,15H,7-10,12,20H2,1-3H3,(H,21,22);1H/t15-;/m1./s1. The Hall–Kier alpha value is -0.620. The molecule has 24 heavy (non-hydrogen) atoms. The van der Waals surface area contributed by atoms with Gasteiger partial charge in [-0.25, -0.2) is 0 Å². The molecule has 0 aliphatic carbocycles. The number of rotatable bonds is 4. The molecule has 1 amide bonds. The third-order valence-corrected chi connectivity index (χ3v) is 5.20. The van der Waals surface area contributed by atoms with Crippen molar-refractivity contribution in [1.82, 2.24) is 5.32 Å². The summed E-state index contributed by atoms with van der Waals surface area (Å²) in [5, 5.41) is 3.08. The van der Waals surface area contributed by atoms with Gasteiger partial charge >= 0.3 is 0 Å². The number of nitrogens with two attached hydrogens (primary N) is 1. The van der Waals surface area contributed by atoms with E-state index < -0.39 is 6.04 Å². The van der Waals surface area contributed by atoms with Crippen molar-refractivity contribution in [2.24, 2.45) is 11.1 Å². The fourth-order valence-corrected chi connectivity index (χ4v) is 3.31. The fraction of sp³-hybridized carbons (Fsp3) is 0.611. The van der Waals surface area contributed by atoms with Crippen molar-refractivity contribution in [2.75, 3.05) is 19.8 Å². The van der Waals surface area contributed by atoms with Gasteiger partial charge in [0.15, 0.2) is 0 Å². The minimum atomic E-state index is -0.512. The van der Waals surface area contributed by atoms with Gasteiger partial charge in [-0.15, -0.1) is 12.4 Å². The number of hydrogen-bond donors (Lipinski definition) is 2. The number of nitrogens with one attached hydrogen (secondary N) is 1. The van der Waals surface area contributed by atoms with Crippen LogP contribution in [0, 0.1) is 5.41 Å². The van der Waals surface area contributed by atoms with E-state index >= 15 is 0 Å². The van der Waals surface area contributed by atoms with E-state index in [4.69, 9.17) is 10.5 Å². The lowest BCUT2D eigenvalue weighted by Gasteiger charge is -2.38. The molecule has 136 valence electrons. The largest absolute Gasteiger partial charge is 0.381 e. The predicted octanol–water partition coefficient (Wildman–Crippen LogP) is 3.41. The first-order chi connectivity index (χ1) is 10.7. The van der Waals surface area contributed by atoms with Crippen LogP contribution in [0.1, 0.15) is 39.2 Å². The highest BCUT2D eigenvalue weighted by atomic mass is 79.9. The highest BCUT2D eigenvalue weighted by Crippen LogP contribution is 2.35. The van der Waals surface area contributed by atoms with Gasteiger partial charge in [-0.1, -0.05) is 48.8 Å². The fourth-order valence-electron chi connectivity index (χ4n) is 2.91. The van der Waals surface area contributed by atoms with E-state index in [1.165, 1.54) is 5.56 Å². The van der Waals surface area contributed by atoms with E-state index in [-0.39, 0.29) is 29.1 Å². The number of benzene rings is 1. The van der Waals surface area contributed by atoms with E-state index in [0.29, 0.717) is 19.8 Å². The maximum atomic E-state index is 12.4. The van der Waals surface area contributed by atoms with Crippen LogP contribution in [0.4, 0.5) is 0 Å². The van der Waals surface area contributed by atoms with Gasteiger partial charge in [0.2, 0.25) is 5.91 Å². The number of amides is 1. The number of halogens is 2. The second kappa shape index (κ2) is 8.65. The van der Waals surface area contributed by atoms with Crippen LogP contribution in [0.25, 0.3) is 0 Å². The van der Waals surface area contributed by atoms with Crippen molar-refractivity contribution in [3.05, 3.63) is 34.3 Å². The average Bonchev–Trinajstić information content (AvgIpc) is 2.52. The molecule has 0 unspecified atom stereocenters. The molecule has 0 saturated carbocycles. The lowest BCUT2D eigenvalue weighted by atomic mass is 9.74. The predicted molar refractivity (Wildman–Crippen MR) is 104 cm³/mol. The second-order valence-corrected chi connectivity index (χ2v) is 8.38. The van der Waals surface area contributed by atoms with Gasteiger partial charge in [0.1, 0.15) is 0 Å². The van der Waals surface area contributed by atoms with Crippen LogP contribution in [-0.2, 0) is 14.9 Å². The third-order valence-electron chi connectivity index (χ3n) is 4.70. The van der Waals surface area contributed by atoms with Crippen LogP contribution >= 0.6 is 28.3 Å². The van der Waals surface area contributed by atoms with Crippen molar-refractivity contribution in [3.63, 3.8) is 0 Å². The summed E-state index contributed by atoms with van der Waals surface area (Å²) in [6, 6.07) is 7.82. The van der Waals surface area contributed by atoms with Crippen molar-refractivity contribution >= 4 is 34.2 Å². The topological polar surface area (TPSA) is 64.4 Å². The third kappa shape index (κ3) is 5.19. The molecule has 1 saturated heterocycles. The summed E-state index contributed by atoms with van der Waals surface area (Å²) in [6.45, 7) is 7.97. The van der Waals surface area contributed by atoms with Gasteiger partial charge in [-0.2, -0.15) is 0 Å². The summed E-state index contributed by atoms with van der Waals surface area (Å²) in [5.41, 5.74) is 6.97. The number of carbonyl (C=O) groups excluding carboxylic acids is 1. The molecule has 0 aromatic heterocycles. The quantitative estimate of drug-likeness (QED) is 0.786. The van der Waals surface area contributed by atoms with Crippen LogP contribution in [0.15, 0.2) is 28.7 Å². The Balaban J connectivity index is 0.00000288. The van der Waals surface area contributed by atoms with Gasteiger partial charge in [-0.05, 0) is 36.0 Å². The Morgan fingerprint density at radius 1 is 1.38 bits per heavy atom. The van der Waals surface area contributed by atoms with Crippen LogP contribution in [0.2, 0.25) is 0 Å². The number of ether oxygens (including phenoxy) is 1. The summed E-state index contributed by atoms with van der Waals surface area (Å²) in [5.74, 6) is -0.0848. The first-order valence-electron chi connectivity index (χ1n) is 8.12. The summed E-state index contributed by atoms with van der Waals surface area (Å²) < 4.78 is 6.59. The molecule has 1 fully saturated rings.